The molecule has 0 aromatic heterocycles. The Morgan fingerprint density at radius 1 is 0.781 bits per heavy atom. The molecule has 4 aromatic rings. The Labute approximate surface area is 185 Å². The molecule has 1 amide bonds. The van der Waals surface area contributed by atoms with Crippen LogP contribution in [0.25, 0.3) is 21.9 Å². The first-order valence-electron chi connectivity index (χ1n) is 10.5. The summed E-state index contributed by atoms with van der Waals surface area (Å²) in [7, 11) is 0. The Hall–Kier alpha value is -4.12. The molecule has 4 aromatic carbocycles. The molecule has 0 radical (unpaired) electrons. The summed E-state index contributed by atoms with van der Waals surface area (Å²) in [6.45, 7) is 0.496. The zero-order valence-electron chi connectivity index (χ0n) is 17.2. The van der Waals surface area contributed by atoms with Crippen molar-refractivity contribution in [3.8, 4) is 11.1 Å². The van der Waals surface area contributed by atoms with Gasteiger partial charge in [-0.2, -0.15) is 0 Å². The van der Waals surface area contributed by atoms with Gasteiger partial charge in [-0.3, -0.25) is 0 Å². The van der Waals surface area contributed by atoms with Gasteiger partial charge in [0.05, 0.1) is 5.56 Å². The van der Waals surface area contributed by atoms with Gasteiger partial charge < -0.3 is 15.2 Å². The van der Waals surface area contributed by atoms with Crippen LogP contribution in [-0.4, -0.2) is 23.8 Å². The number of nitrogens with one attached hydrogen (secondary N) is 1. The van der Waals surface area contributed by atoms with Gasteiger partial charge in [0.2, 0.25) is 0 Å². The smallest absolute Gasteiger partial charge is 0.407 e. The van der Waals surface area contributed by atoms with Gasteiger partial charge in [0.15, 0.2) is 0 Å². The molecule has 0 fully saturated rings. The molecule has 32 heavy (non-hydrogen) atoms. The number of benzene rings is 4. The number of carboxylic acids is 1. The summed E-state index contributed by atoms with van der Waals surface area (Å²) in [4.78, 5) is 24.0. The summed E-state index contributed by atoms with van der Waals surface area (Å²) in [5, 5.41) is 13.7. The summed E-state index contributed by atoms with van der Waals surface area (Å²) in [6, 6.07) is 27.0. The summed E-state index contributed by atoms with van der Waals surface area (Å²) in [5.74, 6) is -0.971. The topological polar surface area (TPSA) is 75.6 Å². The fraction of sp³-hybridized carbons (Fsp3) is 0.111. The second-order valence-electron chi connectivity index (χ2n) is 7.80. The molecule has 0 unspecified atom stereocenters. The third-order valence-electron chi connectivity index (χ3n) is 6.01. The molecular formula is C27H21NO4. The third-order valence-corrected chi connectivity index (χ3v) is 6.01. The molecule has 0 saturated carbocycles. The number of carbonyl (C=O) groups excluding carboxylic acids is 1. The molecule has 2 N–H and O–H groups in total. The monoisotopic (exact) mass is 423 g/mol. The Bertz CT molecular complexity index is 1300. The minimum Gasteiger partial charge on any atom is -0.478 e. The lowest BCUT2D eigenvalue weighted by Gasteiger charge is -2.15. The summed E-state index contributed by atoms with van der Waals surface area (Å²) in [6.07, 6.45) is -0.502. The molecule has 0 spiro atoms. The van der Waals surface area contributed by atoms with Crippen molar-refractivity contribution in [3.63, 3.8) is 0 Å². The zero-order valence-corrected chi connectivity index (χ0v) is 17.2. The zero-order chi connectivity index (χ0) is 22.1. The van der Waals surface area contributed by atoms with Crippen molar-refractivity contribution >= 4 is 22.8 Å². The first kappa shape index (κ1) is 19.8. The van der Waals surface area contributed by atoms with Crippen molar-refractivity contribution in [1.29, 1.82) is 0 Å². The molecule has 1 aliphatic carbocycles. The number of hydrogen-bond acceptors (Lipinski definition) is 3. The maximum atomic E-state index is 12.5. The number of carbonyl (C=O) groups is 2. The number of carboxylic acid groups (broad SMARTS) is 1. The van der Waals surface area contributed by atoms with Crippen LogP contribution in [0.15, 0.2) is 84.9 Å². The molecule has 0 aliphatic heterocycles. The van der Waals surface area contributed by atoms with Gasteiger partial charge in [-0.05, 0) is 44.7 Å². The normalized spacial score (nSPS) is 12.2. The van der Waals surface area contributed by atoms with Crippen LogP contribution in [0.4, 0.5) is 4.79 Å². The first-order chi connectivity index (χ1) is 15.6. The van der Waals surface area contributed by atoms with Crippen LogP contribution in [0, 0.1) is 0 Å². The number of fused-ring (bicyclic) bond motifs is 4. The number of rotatable bonds is 5. The van der Waals surface area contributed by atoms with E-state index in [9.17, 15) is 14.7 Å². The van der Waals surface area contributed by atoms with E-state index in [-0.39, 0.29) is 24.6 Å². The molecular weight excluding hydrogens is 402 g/mol. The predicted molar refractivity (Wildman–Crippen MR) is 123 cm³/mol. The highest BCUT2D eigenvalue weighted by Gasteiger charge is 2.29. The number of alkyl carbamates (subject to hydrolysis) is 1. The fourth-order valence-corrected chi connectivity index (χ4v) is 4.52. The largest absolute Gasteiger partial charge is 0.478 e. The van der Waals surface area contributed by atoms with Crippen LogP contribution in [0.3, 0.4) is 0 Å². The molecule has 0 atom stereocenters. The Morgan fingerprint density at radius 3 is 2.03 bits per heavy atom. The van der Waals surface area contributed by atoms with Crippen molar-refractivity contribution in [2.75, 3.05) is 6.61 Å². The van der Waals surface area contributed by atoms with Crippen LogP contribution in [0.2, 0.25) is 0 Å². The van der Waals surface area contributed by atoms with Crippen molar-refractivity contribution < 1.29 is 19.4 Å². The van der Waals surface area contributed by atoms with E-state index in [0.717, 1.165) is 22.1 Å². The SMILES string of the molecule is O=C(NCc1ccc(C(=O)O)c2ccccc12)OCC1c2ccccc2-c2ccccc21. The van der Waals surface area contributed by atoms with Gasteiger partial charge in [0.25, 0.3) is 0 Å². The minimum atomic E-state index is -0.975. The van der Waals surface area contributed by atoms with Crippen LogP contribution in [-0.2, 0) is 11.3 Å². The van der Waals surface area contributed by atoms with Crippen molar-refractivity contribution in [1.82, 2.24) is 5.32 Å². The number of ether oxygens (including phenoxy) is 1. The van der Waals surface area contributed by atoms with Crippen molar-refractivity contribution in [2.45, 2.75) is 12.5 Å². The van der Waals surface area contributed by atoms with Gasteiger partial charge in [-0.15, -0.1) is 0 Å². The van der Waals surface area contributed by atoms with E-state index in [1.807, 2.05) is 36.4 Å². The molecule has 5 nitrogen and oxygen atoms in total. The van der Waals surface area contributed by atoms with Crippen LogP contribution in [0.5, 0.6) is 0 Å². The maximum absolute atomic E-state index is 12.5. The molecule has 1 aliphatic rings. The standard InChI is InChI=1S/C27H21NO4/c29-26(30)24-14-13-17(18-7-1-2-8-19(18)24)15-28-27(31)32-16-25-22-11-5-3-9-20(22)21-10-4-6-12-23(21)25/h1-14,25H,15-16H2,(H,28,31)(H,29,30). The van der Waals surface area contributed by atoms with Gasteiger partial charge in [-0.1, -0.05) is 78.9 Å². The van der Waals surface area contributed by atoms with E-state index < -0.39 is 12.1 Å². The van der Waals surface area contributed by atoms with E-state index in [1.165, 1.54) is 11.1 Å². The lowest BCUT2D eigenvalue weighted by Crippen LogP contribution is -2.25. The summed E-state index contributed by atoms with van der Waals surface area (Å²) < 4.78 is 5.59. The van der Waals surface area contributed by atoms with E-state index in [4.69, 9.17) is 4.74 Å². The lowest BCUT2D eigenvalue weighted by molar-refractivity contribution is 0.0699. The molecule has 0 bridgehead atoms. The Balaban J connectivity index is 1.29. The van der Waals surface area contributed by atoms with Gasteiger partial charge >= 0.3 is 12.1 Å². The quantitative estimate of drug-likeness (QED) is 0.440. The molecule has 0 heterocycles. The highest BCUT2D eigenvalue weighted by Crippen LogP contribution is 2.44. The van der Waals surface area contributed by atoms with Gasteiger partial charge in [0, 0.05) is 12.5 Å². The van der Waals surface area contributed by atoms with E-state index in [1.54, 1.807) is 24.3 Å². The molecule has 0 saturated heterocycles. The van der Waals surface area contributed by atoms with E-state index >= 15 is 0 Å². The third kappa shape index (κ3) is 3.48. The average Bonchev–Trinajstić information content (AvgIpc) is 3.14. The highest BCUT2D eigenvalue weighted by atomic mass is 16.5. The van der Waals surface area contributed by atoms with Crippen molar-refractivity contribution in [3.05, 3.63) is 107 Å². The second-order valence-corrected chi connectivity index (χ2v) is 7.80. The van der Waals surface area contributed by atoms with E-state index in [2.05, 4.69) is 29.6 Å². The average molecular weight is 423 g/mol. The molecule has 5 heteroatoms. The minimum absolute atomic E-state index is 0.00355. The van der Waals surface area contributed by atoms with Crippen LogP contribution >= 0.6 is 0 Å². The lowest BCUT2D eigenvalue weighted by atomic mass is 9.98. The second kappa shape index (κ2) is 8.19. The summed E-state index contributed by atoms with van der Waals surface area (Å²) >= 11 is 0. The van der Waals surface area contributed by atoms with Gasteiger partial charge in [-0.25, -0.2) is 9.59 Å². The maximum Gasteiger partial charge on any atom is 0.407 e. The van der Waals surface area contributed by atoms with Gasteiger partial charge in [0.1, 0.15) is 6.61 Å². The van der Waals surface area contributed by atoms with E-state index in [0.29, 0.717) is 5.39 Å². The highest BCUT2D eigenvalue weighted by molar-refractivity contribution is 6.04. The van der Waals surface area contributed by atoms with Crippen molar-refractivity contribution in [2.24, 2.45) is 0 Å². The predicted octanol–water partition coefficient (Wildman–Crippen LogP) is 5.58. The van der Waals surface area contributed by atoms with Crippen LogP contribution < -0.4 is 5.32 Å². The number of amides is 1. The fourth-order valence-electron chi connectivity index (χ4n) is 4.52. The number of hydrogen-bond donors (Lipinski definition) is 2. The Kier molecular flexibility index (Phi) is 5.07. The number of aromatic carboxylic acids is 1. The molecule has 158 valence electrons. The first-order valence-corrected chi connectivity index (χ1v) is 10.5. The molecule has 5 rings (SSSR count). The Morgan fingerprint density at radius 2 is 1.38 bits per heavy atom. The van der Waals surface area contributed by atoms with Crippen LogP contribution in [0.1, 0.15) is 33.0 Å². The summed E-state index contributed by atoms with van der Waals surface area (Å²) in [5.41, 5.74) is 5.77.